The Bertz CT molecular complexity index is 1180. The third-order valence-electron chi connectivity index (χ3n) is 6.56. The lowest BCUT2D eigenvalue weighted by Crippen LogP contribution is -2.51. The molecule has 35 heavy (non-hydrogen) atoms. The molecule has 0 aliphatic carbocycles. The largest absolute Gasteiger partial charge is 0.392 e. The smallest absolute Gasteiger partial charge is 0.256 e. The Hall–Kier alpha value is -3.20. The van der Waals surface area contributed by atoms with Crippen molar-refractivity contribution >= 4 is 29.3 Å². The van der Waals surface area contributed by atoms with E-state index < -0.39 is 0 Å². The lowest BCUT2D eigenvalue weighted by Gasteiger charge is -2.33. The molecule has 2 bridgehead atoms. The molecule has 0 spiro atoms. The second-order valence-corrected chi connectivity index (χ2v) is 9.49. The van der Waals surface area contributed by atoms with Gasteiger partial charge in [0.25, 0.3) is 5.91 Å². The Morgan fingerprint density at radius 2 is 1.86 bits per heavy atom. The SMILES string of the molecule is O=C(NCc1ccccc1)c1cnc(N2CC3CCC(C2)N3)nc1NCc1ccc(CO)c(Cl)c1. The van der Waals surface area contributed by atoms with Crippen molar-refractivity contribution in [1.29, 1.82) is 0 Å². The predicted octanol–water partition coefficient (Wildman–Crippen LogP) is 3.11. The number of nitrogens with one attached hydrogen (secondary N) is 3. The molecule has 8 nitrogen and oxygen atoms in total. The molecule has 2 aliphatic heterocycles. The van der Waals surface area contributed by atoms with Crippen molar-refractivity contribution < 1.29 is 9.90 Å². The molecular formula is C26H29ClN6O2. The van der Waals surface area contributed by atoms with Crippen LogP contribution in [0.3, 0.4) is 0 Å². The van der Waals surface area contributed by atoms with E-state index >= 15 is 0 Å². The van der Waals surface area contributed by atoms with Gasteiger partial charge in [-0.3, -0.25) is 4.79 Å². The maximum Gasteiger partial charge on any atom is 0.256 e. The van der Waals surface area contributed by atoms with Gasteiger partial charge in [0.2, 0.25) is 5.95 Å². The first-order valence-electron chi connectivity index (χ1n) is 11.9. The van der Waals surface area contributed by atoms with Crippen molar-refractivity contribution in [3.63, 3.8) is 0 Å². The minimum Gasteiger partial charge on any atom is -0.392 e. The van der Waals surface area contributed by atoms with Crippen LogP contribution in [-0.2, 0) is 19.7 Å². The summed E-state index contributed by atoms with van der Waals surface area (Å²) in [5, 5.41) is 19.8. The van der Waals surface area contributed by atoms with Gasteiger partial charge in [-0.15, -0.1) is 0 Å². The zero-order chi connectivity index (χ0) is 24.2. The monoisotopic (exact) mass is 492 g/mol. The molecule has 2 fully saturated rings. The van der Waals surface area contributed by atoms with Crippen LogP contribution in [0.1, 0.15) is 39.9 Å². The molecule has 182 valence electrons. The number of hydrogen-bond acceptors (Lipinski definition) is 7. The van der Waals surface area contributed by atoms with Crippen LogP contribution in [0.25, 0.3) is 0 Å². The Balaban J connectivity index is 1.36. The number of halogens is 1. The molecule has 0 saturated carbocycles. The van der Waals surface area contributed by atoms with E-state index in [1.807, 2.05) is 42.5 Å². The van der Waals surface area contributed by atoms with E-state index in [1.165, 1.54) is 0 Å². The van der Waals surface area contributed by atoms with Crippen LogP contribution in [-0.4, -0.2) is 46.2 Å². The lowest BCUT2D eigenvalue weighted by atomic mass is 10.1. The number of benzene rings is 2. The van der Waals surface area contributed by atoms with E-state index in [9.17, 15) is 9.90 Å². The summed E-state index contributed by atoms with van der Waals surface area (Å²) in [5.74, 6) is 0.866. The fourth-order valence-corrected chi connectivity index (χ4v) is 4.94. The average molecular weight is 493 g/mol. The maximum absolute atomic E-state index is 13.1. The van der Waals surface area contributed by atoms with Crippen molar-refractivity contribution in [2.45, 2.75) is 44.6 Å². The zero-order valence-electron chi connectivity index (χ0n) is 19.4. The van der Waals surface area contributed by atoms with E-state index in [0.717, 1.165) is 37.1 Å². The molecule has 1 amide bonds. The van der Waals surface area contributed by atoms with Gasteiger partial charge < -0.3 is 26.0 Å². The first-order chi connectivity index (χ1) is 17.1. The minimum atomic E-state index is -0.239. The summed E-state index contributed by atoms with van der Waals surface area (Å²) < 4.78 is 0. The number of fused-ring (bicyclic) bond motifs is 2. The number of piperazine rings is 1. The van der Waals surface area contributed by atoms with Crippen molar-refractivity contribution in [2.75, 3.05) is 23.3 Å². The van der Waals surface area contributed by atoms with Gasteiger partial charge in [0.05, 0.1) is 6.61 Å². The van der Waals surface area contributed by atoms with Crippen LogP contribution in [0.5, 0.6) is 0 Å². The number of hydrogen-bond donors (Lipinski definition) is 4. The molecular weight excluding hydrogens is 464 g/mol. The molecule has 1 aromatic heterocycles. The number of aliphatic hydroxyl groups is 1. The maximum atomic E-state index is 13.1. The van der Waals surface area contributed by atoms with Crippen LogP contribution >= 0.6 is 11.6 Å². The summed E-state index contributed by atoms with van der Waals surface area (Å²) in [6, 6.07) is 16.2. The lowest BCUT2D eigenvalue weighted by molar-refractivity contribution is 0.0951. The van der Waals surface area contributed by atoms with Crippen LogP contribution < -0.4 is 20.9 Å². The van der Waals surface area contributed by atoms with Gasteiger partial charge in [-0.25, -0.2) is 4.98 Å². The summed E-state index contributed by atoms with van der Waals surface area (Å²) in [6.07, 6.45) is 3.93. The molecule has 3 aromatic rings. The van der Waals surface area contributed by atoms with Gasteiger partial charge in [0.15, 0.2) is 0 Å². The Kier molecular flexibility index (Phi) is 7.13. The third kappa shape index (κ3) is 5.56. The second kappa shape index (κ2) is 10.6. The summed E-state index contributed by atoms with van der Waals surface area (Å²) in [4.78, 5) is 24.6. The van der Waals surface area contributed by atoms with Crippen LogP contribution in [0, 0.1) is 0 Å². The van der Waals surface area contributed by atoms with Gasteiger partial charge in [0.1, 0.15) is 11.4 Å². The number of carbonyl (C=O) groups is 1. The van der Waals surface area contributed by atoms with Gasteiger partial charge in [-0.1, -0.05) is 54.1 Å². The van der Waals surface area contributed by atoms with Gasteiger partial charge >= 0.3 is 0 Å². The fourth-order valence-electron chi connectivity index (χ4n) is 4.67. The molecule has 3 heterocycles. The second-order valence-electron chi connectivity index (χ2n) is 9.08. The van der Waals surface area contributed by atoms with E-state index in [4.69, 9.17) is 16.6 Å². The van der Waals surface area contributed by atoms with Gasteiger partial charge in [-0.2, -0.15) is 4.98 Å². The van der Waals surface area contributed by atoms with Gasteiger partial charge in [0, 0.05) is 49.5 Å². The quantitative estimate of drug-likeness (QED) is 0.383. The summed E-state index contributed by atoms with van der Waals surface area (Å²) in [5.41, 5.74) is 3.00. The highest BCUT2D eigenvalue weighted by Gasteiger charge is 2.33. The number of amides is 1. The summed E-state index contributed by atoms with van der Waals surface area (Å²) >= 11 is 6.26. The van der Waals surface area contributed by atoms with Crippen molar-refractivity contribution in [3.05, 3.63) is 82.0 Å². The molecule has 2 aromatic carbocycles. The Labute approximate surface area is 209 Å². The standard InChI is InChI=1S/C26H29ClN6O2/c27-23-10-18(6-7-19(23)16-34)12-28-24-22(25(35)29-11-17-4-2-1-3-5-17)13-30-26(32-24)33-14-20-8-9-21(15-33)31-20/h1-7,10,13,20-21,31,34H,8-9,11-12,14-16H2,(H,29,35)(H,28,30,32). The van der Waals surface area contributed by atoms with Crippen molar-refractivity contribution in [2.24, 2.45) is 0 Å². The third-order valence-corrected chi connectivity index (χ3v) is 6.92. The normalized spacial score (nSPS) is 19.0. The summed E-state index contributed by atoms with van der Waals surface area (Å²) in [7, 11) is 0. The molecule has 2 aliphatic rings. The highest BCUT2D eigenvalue weighted by Crippen LogP contribution is 2.25. The van der Waals surface area contributed by atoms with Gasteiger partial charge in [-0.05, 0) is 35.6 Å². The number of nitrogens with zero attached hydrogens (tertiary/aromatic N) is 3. The number of aliphatic hydroxyl groups excluding tert-OH is 1. The molecule has 2 atom stereocenters. The molecule has 2 unspecified atom stereocenters. The Morgan fingerprint density at radius 3 is 2.57 bits per heavy atom. The van der Waals surface area contributed by atoms with Crippen LogP contribution in [0.15, 0.2) is 54.7 Å². The highest BCUT2D eigenvalue weighted by atomic mass is 35.5. The van der Waals surface area contributed by atoms with Crippen LogP contribution in [0.2, 0.25) is 5.02 Å². The zero-order valence-corrected chi connectivity index (χ0v) is 20.1. The summed E-state index contributed by atoms with van der Waals surface area (Å²) in [6.45, 7) is 2.44. The molecule has 5 rings (SSSR count). The Morgan fingerprint density at radius 1 is 1.09 bits per heavy atom. The van der Waals surface area contributed by atoms with E-state index in [0.29, 0.717) is 53.1 Å². The molecule has 9 heteroatoms. The number of aromatic nitrogens is 2. The minimum absolute atomic E-state index is 0.111. The topological polar surface area (TPSA) is 102 Å². The van der Waals surface area contributed by atoms with E-state index in [1.54, 1.807) is 12.3 Å². The van der Waals surface area contributed by atoms with E-state index in [-0.39, 0.29) is 12.5 Å². The van der Waals surface area contributed by atoms with Crippen molar-refractivity contribution in [1.82, 2.24) is 20.6 Å². The molecule has 2 saturated heterocycles. The van der Waals surface area contributed by atoms with Crippen molar-refractivity contribution in [3.8, 4) is 0 Å². The fraction of sp³-hybridized carbons (Fsp3) is 0.346. The first-order valence-corrected chi connectivity index (χ1v) is 12.3. The highest BCUT2D eigenvalue weighted by molar-refractivity contribution is 6.31. The number of anilines is 2. The number of carbonyl (C=O) groups excluding carboxylic acids is 1. The predicted molar refractivity (Wildman–Crippen MR) is 137 cm³/mol. The first kappa shape index (κ1) is 23.5. The molecule has 4 N–H and O–H groups in total. The number of rotatable bonds is 8. The average Bonchev–Trinajstić information content (AvgIpc) is 3.23. The van der Waals surface area contributed by atoms with Crippen LogP contribution in [0.4, 0.5) is 11.8 Å². The molecule has 0 radical (unpaired) electrons. The van der Waals surface area contributed by atoms with E-state index in [2.05, 4.69) is 25.8 Å².